The molecule has 6 nitrogen and oxygen atoms in total. The van der Waals surface area contributed by atoms with Crippen LogP contribution in [0.3, 0.4) is 0 Å². The second-order valence-electron chi connectivity index (χ2n) is 4.22. The third-order valence-corrected chi connectivity index (χ3v) is 4.69. The van der Waals surface area contributed by atoms with Gasteiger partial charge in [-0.05, 0) is 32.0 Å². The summed E-state index contributed by atoms with van der Waals surface area (Å²) in [5, 5.41) is 14.5. The molecule has 0 radical (unpaired) electrons. The molecule has 1 aromatic heterocycles. The summed E-state index contributed by atoms with van der Waals surface area (Å²) in [7, 11) is -3.74. The van der Waals surface area contributed by atoms with Crippen molar-refractivity contribution in [1.29, 1.82) is 5.26 Å². The second kappa shape index (κ2) is 5.44. The molecule has 0 aliphatic carbocycles. The van der Waals surface area contributed by atoms with Crippen LogP contribution >= 0.6 is 11.8 Å². The number of primary sulfonamides is 1. The van der Waals surface area contributed by atoms with E-state index in [1.807, 2.05) is 11.5 Å². The Morgan fingerprint density at radius 1 is 1.55 bits per heavy atom. The van der Waals surface area contributed by atoms with Gasteiger partial charge in [-0.3, -0.25) is 0 Å². The van der Waals surface area contributed by atoms with Crippen LogP contribution in [0, 0.1) is 11.3 Å². The van der Waals surface area contributed by atoms with Gasteiger partial charge in [0.1, 0.15) is 0 Å². The lowest BCUT2D eigenvalue weighted by Gasteiger charge is -2.06. The molecule has 0 saturated carbocycles. The zero-order valence-corrected chi connectivity index (χ0v) is 12.7. The van der Waals surface area contributed by atoms with E-state index in [4.69, 9.17) is 10.4 Å². The summed E-state index contributed by atoms with van der Waals surface area (Å²) in [6.45, 7) is 4.45. The first kappa shape index (κ1) is 14.8. The predicted octanol–water partition coefficient (Wildman–Crippen LogP) is 1.71. The van der Waals surface area contributed by atoms with Gasteiger partial charge in [-0.2, -0.15) is 5.26 Å². The molecule has 0 amide bonds. The lowest BCUT2D eigenvalue weighted by atomic mass is 10.3. The zero-order chi connectivity index (χ0) is 14.9. The molecular weight excluding hydrogens is 296 g/mol. The Balaban J connectivity index is 2.59. The number of nitrogens with two attached hydrogens (primary N) is 1. The quantitative estimate of drug-likeness (QED) is 0.866. The number of thioether (sulfide) groups is 1. The van der Waals surface area contributed by atoms with Gasteiger partial charge in [-0.1, -0.05) is 11.8 Å². The monoisotopic (exact) mass is 310 g/mol. The van der Waals surface area contributed by atoms with Crippen molar-refractivity contribution >= 4 is 32.8 Å². The molecule has 0 fully saturated rings. The molecular formula is C12H14N4O2S2. The minimum Gasteiger partial charge on any atom is -0.319 e. The number of aromatic nitrogens is 2. The molecule has 2 aromatic rings. The van der Waals surface area contributed by atoms with Crippen molar-refractivity contribution < 1.29 is 8.42 Å². The zero-order valence-electron chi connectivity index (χ0n) is 11.1. The van der Waals surface area contributed by atoms with Gasteiger partial charge in [0.25, 0.3) is 0 Å². The van der Waals surface area contributed by atoms with Crippen molar-refractivity contribution in [2.24, 2.45) is 5.14 Å². The first-order valence-corrected chi connectivity index (χ1v) is 8.38. The van der Waals surface area contributed by atoms with Crippen LogP contribution in [0.25, 0.3) is 11.0 Å². The van der Waals surface area contributed by atoms with Crippen molar-refractivity contribution in [2.45, 2.75) is 35.7 Å². The Bertz CT molecular complexity index is 790. The largest absolute Gasteiger partial charge is 0.319 e. The van der Waals surface area contributed by atoms with Crippen molar-refractivity contribution in [2.75, 3.05) is 0 Å². The highest BCUT2D eigenvalue weighted by atomic mass is 32.2. The Morgan fingerprint density at radius 3 is 2.80 bits per heavy atom. The number of imidazole rings is 1. The molecule has 2 rings (SSSR count). The maximum absolute atomic E-state index is 11.4. The van der Waals surface area contributed by atoms with Gasteiger partial charge in [-0.15, -0.1) is 0 Å². The molecule has 8 heteroatoms. The van der Waals surface area contributed by atoms with E-state index < -0.39 is 10.0 Å². The average molecular weight is 310 g/mol. The number of sulfonamides is 1. The van der Waals surface area contributed by atoms with E-state index in [-0.39, 0.29) is 10.1 Å². The maximum Gasteiger partial charge on any atom is 0.238 e. The standard InChI is InChI=1S/C12H14N4O2S2/c1-3-16-11-5-4-9(20(14,17)18)6-10(11)15-12(16)19-8(2)7-13/h4-6,8H,3H2,1-2H3,(H2,14,17,18)/t8-/m1/s1. The highest BCUT2D eigenvalue weighted by molar-refractivity contribution is 8.00. The lowest BCUT2D eigenvalue weighted by molar-refractivity contribution is 0.598. The van der Waals surface area contributed by atoms with Gasteiger partial charge >= 0.3 is 0 Å². The number of hydrogen-bond donors (Lipinski definition) is 1. The van der Waals surface area contributed by atoms with Crippen LogP contribution < -0.4 is 5.14 Å². The molecule has 20 heavy (non-hydrogen) atoms. The van der Waals surface area contributed by atoms with Gasteiger partial charge in [0.15, 0.2) is 5.16 Å². The summed E-state index contributed by atoms with van der Waals surface area (Å²) in [4.78, 5) is 4.44. The van der Waals surface area contributed by atoms with Gasteiger partial charge in [0.05, 0.1) is 27.2 Å². The summed E-state index contributed by atoms with van der Waals surface area (Å²) >= 11 is 1.34. The Hall–Kier alpha value is -1.56. The number of aryl methyl sites for hydroxylation is 1. The van der Waals surface area contributed by atoms with E-state index in [0.29, 0.717) is 17.2 Å². The maximum atomic E-state index is 11.4. The predicted molar refractivity (Wildman–Crippen MR) is 77.7 cm³/mol. The molecule has 1 atom stereocenters. The molecule has 0 saturated heterocycles. The van der Waals surface area contributed by atoms with Crippen molar-refractivity contribution in [1.82, 2.24) is 9.55 Å². The Labute approximate surface area is 121 Å². The minimum atomic E-state index is -3.74. The molecule has 0 spiro atoms. The van der Waals surface area contributed by atoms with Crippen LogP contribution in [0.1, 0.15) is 13.8 Å². The molecule has 1 heterocycles. The van der Waals surface area contributed by atoms with Crippen LogP contribution in [0.4, 0.5) is 0 Å². The van der Waals surface area contributed by atoms with E-state index in [0.717, 1.165) is 5.52 Å². The van der Waals surface area contributed by atoms with Crippen LogP contribution in [0.5, 0.6) is 0 Å². The molecule has 106 valence electrons. The smallest absolute Gasteiger partial charge is 0.238 e. The van der Waals surface area contributed by atoms with E-state index >= 15 is 0 Å². The number of nitrogens with zero attached hydrogens (tertiary/aromatic N) is 3. The van der Waals surface area contributed by atoms with Crippen molar-refractivity contribution in [3.05, 3.63) is 18.2 Å². The SMILES string of the molecule is CCn1c(S[C@H](C)C#N)nc2cc(S(N)(=O)=O)ccc21. The Kier molecular flexibility index (Phi) is 4.04. The van der Waals surface area contributed by atoms with Crippen molar-refractivity contribution in [3.8, 4) is 6.07 Å². The third kappa shape index (κ3) is 2.80. The second-order valence-corrected chi connectivity index (χ2v) is 7.09. The van der Waals surface area contributed by atoms with E-state index in [9.17, 15) is 8.42 Å². The number of nitriles is 1. The highest BCUT2D eigenvalue weighted by Crippen LogP contribution is 2.28. The first-order valence-electron chi connectivity index (χ1n) is 5.96. The van der Waals surface area contributed by atoms with E-state index in [1.54, 1.807) is 13.0 Å². The van der Waals surface area contributed by atoms with Crippen LogP contribution in [-0.2, 0) is 16.6 Å². The van der Waals surface area contributed by atoms with Crippen LogP contribution in [0.15, 0.2) is 28.3 Å². The first-order chi connectivity index (χ1) is 9.36. The van der Waals surface area contributed by atoms with Crippen LogP contribution in [0.2, 0.25) is 0 Å². The van der Waals surface area contributed by atoms with Gasteiger partial charge in [0.2, 0.25) is 10.0 Å². The summed E-state index contributed by atoms with van der Waals surface area (Å²) in [6, 6.07) is 6.75. The fourth-order valence-corrected chi connectivity index (χ4v) is 3.25. The average Bonchev–Trinajstić information content (AvgIpc) is 2.73. The minimum absolute atomic E-state index is 0.0376. The molecule has 1 aromatic carbocycles. The fraction of sp³-hybridized carbons (Fsp3) is 0.333. The third-order valence-electron chi connectivity index (χ3n) is 2.79. The fourth-order valence-electron chi connectivity index (χ4n) is 1.84. The molecule has 0 bridgehead atoms. The van der Waals surface area contributed by atoms with Crippen LogP contribution in [-0.4, -0.2) is 23.2 Å². The van der Waals surface area contributed by atoms with E-state index in [1.165, 1.54) is 23.9 Å². The summed E-state index contributed by atoms with van der Waals surface area (Å²) in [6.07, 6.45) is 0. The molecule has 0 aliphatic rings. The van der Waals surface area contributed by atoms with Gasteiger partial charge in [-0.25, -0.2) is 18.5 Å². The Morgan fingerprint density at radius 2 is 2.25 bits per heavy atom. The highest BCUT2D eigenvalue weighted by Gasteiger charge is 2.16. The summed E-state index contributed by atoms with van der Waals surface area (Å²) in [5.41, 5.74) is 1.39. The molecule has 0 aliphatic heterocycles. The van der Waals surface area contributed by atoms with Gasteiger partial charge < -0.3 is 4.57 Å². The summed E-state index contributed by atoms with van der Waals surface area (Å²) in [5.74, 6) is 0. The number of benzene rings is 1. The number of hydrogen-bond acceptors (Lipinski definition) is 5. The van der Waals surface area contributed by atoms with E-state index in [2.05, 4.69) is 11.1 Å². The van der Waals surface area contributed by atoms with Gasteiger partial charge in [0, 0.05) is 6.54 Å². The van der Waals surface area contributed by atoms with Crippen molar-refractivity contribution in [3.63, 3.8) is 0 Å². The topological polar surface area (TPSA) is 102 Å². The number of rotatable bonds is 4. The normalized spacial score (nSPS) is 13.3. The molecule has 0 unspecified atom stereocenters. The molecule has 2 N–H and O–H groups in total. The summed E-state index contributed by atoms with van der Waals surface area (Å²) < 4.78 is 24.7. The number of fused-ring (bicyclic) bond motifs is 1. The lowest BCUT2D eigenvalue weighted by Crippen LogP contribution is -2.11.